The number of nitrogens with zero attached hydrogens (tertiary/aromatic N) is 1. The number of rotatable bonds is 7. The highest BCUT2D eigenvalue weighted by atomic mass is 16.3. The average molecular weight is 854 g/mol. The molecular formula is C65H43NO. The van der Waals surface area contributed by atoms with Crippen molar-refractivity contribution in [3.8, 4) is 50.2 Å². The Kier molecular flexibility index (Phi) is 8.94. The first-order chi connectivity index (χ1) is 33.2. The number of para-hydroxylation sites is 1. The fourth-order valence-corrected chi connectivity index (χ4v) is 11.1. The Morgan fingerprint density at radius 2 is 0.955 bits per heavy atom. The lowest BCUT2D eigenvalue weighted by molar-refractivity contribution is 0.669. The third kappa shape index (κ3) is 5.97. The maximum absolute atomic E-state index is 6.93. The van der Waals surface area contributed by atoms with Gasteiger partial charge in [0, 0.05) is 32.5 Å². The Morgan fingerprint density at radius 3 is 1.63 bits per heavy atom. The van der Waals surface area contributed by atoms with Crippen LogP contribution in [0.3, 0.4) is 0 Å². The van der Waals surface area contributed by atoms with Gasteiger partial charge in [0.1, 0.15) is 11.2 Å². The fourth-order valence-electron chi connectivity index (χ4n) is 11.1. The molecule has 0 atom stereocenters. The van der Waals surface area contributed by atoms with E-state index in [1.54, 1.807) is 0 Å². The fraction of sp³-hybridized carbons (Fsp3) is 0.0154. The van der Waals surface area contributed by atoms with Gasteiger partial charge in [-0.25, -0.2) is 0 Å². The molecule has 0 unspecified atom stereocenters. The van der Waals surface area contributed by atoms with Gasteiger partial charge in [-0.2, -0.15) is 0 Å². The predicted octanol–water partition coefficient (Wildman–Crippen LogP) is 18.3. The minimum Gasteiger partial charge on any atom is -0.456 e. The number of allylic oxidation sites excluding steroid dienone is 2. The largest absolute Gasteiger partial charge is 0.456 e. The van der Waals surface area contributed by atoms with Crippen molar-refractivity contribution in [1.29, 1.82) is 0 Å². The lowest BCUT2D eigenvalue weighted by atomic mass is 9.85. The molecule has 0 aliphatic rings. The Labute approximate surface area is 388 Å². The summed E-state index contributed by atoms with van der Waals surface area (Å²) in [5.74, 6) is 0. The van der Waals surface area contributed by atoms with Gasteiger partial charge in [0.15, 0.2) is 0 Å². The zero-order valence-corrected chi connectivity index (χ0v) is 37.0. The third-order valence-corrected chi connectivity index (χ3v) is 13.9. The van der Waals surface area contributed by atoms with Gasteiger partial charge in [0.25, 0.3) is 0 Å². The second-order valence-corrected chi connectivity index (χ2v) is 17.6. The van der Waals surface area contributed by atoms with Gasteiger partial charge in [0.05, 0.1) is 16.7 Å². The van der Waals surface area contributed by atoms with Gasteiger partial charge in [0.2, 0.25) is 0 Å². The van der Waals surface area contributed by atoms with E-state index in [1.807, 2.05) is 6.08 Å². The van der Waals surface area contributed by atoms with E-state index in [2.05, 4.69) is 243 Å². The van der Waals surface area contributed by atoms with Crippen LogP contribution in [0.15, 0.2) is 235 Å². The highest BCUT2D eigenvalue weighted by molar-refractivity contribution is 6.23. The molecule has 2 heterocycles. The summed E-state index contributed by atoms with van der Waals surface area (Å²) in [6.45, 7) is 6.40. The number of hydrogen-bond acceptors (Lipinski definition) is 1. The predicted molar refractivity (Wildman–Crippen MR) is 286 cm³/mol. The zero-order valence-electron chi connectivity index (χ0n) is 37.0. The highest BCUT2D eigenvalue weighted by Crippen LogP contribution is 2.48. The minimum absolute atomic E-state index is 0.866. The lowest BCUT2D eigenvalue weighted by Crippen LogP contribution is -2.03. The zero-order chi connectivity index (χ0) is 44.6. The molecule has 13 aromatic rings. The van der Waals surface area contributed by atoms with Crippen molar-refractivity contribution in [2.24, 2.45) is 0 Å². The Morgan fingerprint density at radius 1 is 0.403 bits per heavy atom. The molecule has 0 aliphatic carbocycles. The van der Waals surface area contributed by atoms with E-state index in [1.165, 1.54) is 93.1 Å². The van der Waals surface area contributed by atoms with Gasteiger partial charge in [-0.1, -0.05) is 201 Å². The molecule has 0 spiro atoms. The molecule has 0 fully saturated rings. The number of furan rings is 1. The maximum atomic E-state index is 6.93. The van der Waals surface area contributed by atoms with Gasteiger partial charge >= 0.3 is 0 Å². The maximum Gasteiger partial charge on any atom is 0.136 e. The smallest absolute Gasteiger partial charge is 0.136 e. The van der Waals surface area contributed by atoms with Crippen LogP contribution in [0.1, 0.15) is 11.1 Å². The molecule has 314 valence electrons. The first-order valence-electron chi connectivity index (χ1n) is 23.0. The molecule has 2 aromatic heterocycles. The average Bonchev–Trinajstić information content (AvgIpc) is 3.93. The SMILES string of the molecule is C=C/C=C\c1c(C)c(-c2cccc3oc4cc(-c5c6ccccc6c(-c6ccccc6)c6ccccc56)ccc4c23)c2ccccc2c1-n1c2ccccc2c2cc(-c3ccccc3)ccc21. The van der Waals surface area contributed by atoms with E-state index < -0.39 is 0 Å². The summed E-state index contributed by atoms with van der Waals surface area (Å²) in [5, 5.41) is 11.9. The normalized spacial score (nSPS) is 12.0. The van der Waals surface area contributed by atoms with Crippen LogP contribution in [0.2, 0.25) is 0 Å². The van der Waals surface area contributed by atoms with E-state index in [9.17, 15) is 0 Å². The summed E-state index contributed by atoms with van der Waals surface area (Å²) in [5.41, 5.74) is 17.1. The highest BCUT2D eigenvalue weighted by Gasteiger charge is 2.25. The van der Waals surface area contributed by atoms with Crippen molar-refractivity contribution in [2.45, 2.75) is 6.92 Å². The van der Waals surface area contributed by atoms with Crippen LogP contribution >= 0.6 is 0 Å². The van der Waals surface area contributed by atoms with E-state index in [0.29, 0.717) is 0 Å². The van der Waals surface area contributed by atoms with Crippen LogP contribution in [0, 0.1) is 6.92 Å². The summed E-state index contributed by atoms with van der Waals surface area (Å²) in [7, 11) is 0. The standard InChI is InChI=1S/C65H43NO/c1-3-4-24-46-41(2)61(52-30-15-16-31-53(52)65(46)66-57-33-18-17-25-47(57)56-39-44(36-38-58(56)66)42-20-7-5-8-21-42)55-32-19-34-59-64(55)54-37-35-45(40-60(54)67-59)63-50-28-13-11-26-48(50)62(43-22-9-6-10-23-43)49-27-12-14-29-51(49)63/h3-40H,1H2,2H3/b24-4-. The lowest BCUT2D eigenvalue weighted by Gasteiger charge is -2.22. The minimum atomic E-state index is 0.866. The second kappa shape index (κ2) is 15.5. The first-order valence-corrected chi connectivity index (χ1v) is 23.0. The number of fused-ring (bicyclic) bond motifs is 9. The van der Waals surface area contributed by atoms with E-state index in [-0.39, 0.29) is 0 Å². The van der Waals surface area contributed by atoms with Crippen molar-refractivity contribution in [2.75, 3.05) is 0 Å². The molecule has 67 heavy (non-hydrogen) atoms. The summed E-state index contributed by atoms with van der Waals surface area (Å²) < 4.78 is 9.41. The molecule has 2 nitrogen and oxygen atoms in total. The van der Waals surface area contributed by atoms with Crippen LogP contribution in [-0.2, 0) is 0 Å². The Bertz CT molecular complexity index is 4110. The number of aromatic nitrogens is 1. The van der Waals surface area contributed by atoms with Gasteiger partial charge in [-0.05, 0) is 120 Å². The third-order valence-electron chi connectivity index (χ3n) is 13.9. The molecular weight excluding hydrogens is 811 g/mol. The van der Waals surface area contributed by atoms with E-state index in [4.69, 9.17) is 4.42 Å². The van der Waals surface area contributed by atoms with Crippen molar-refractivity contribution >= 4 is 82.1 Å². The van der Waals surface area contributed by atoms with Gasteiger partial charge < -0.3 is 8.98 Å². The molecule has 13 rings (SSSR count). The molecule has 0 bridgehead atoms. The monoisotopic (exact) mass is 853 g/mol. The molecule has 2 heteroatoms. The molecule has 0 saturated heterocycles. The van der Waals surface area contributed by atoms with Crippen LogP contribution in [0.4, 0.5) is 0 Å². The summed E-state index contributed by atoms with van der Waals surface area (Å²) >= 11 is 0. The van der Waals surface area contributed by atoms with Gasteiger partial charge in [-0.3, -0.25) is 0 Å². The van der Waals surface area contributed by atoms with Gasteiger partial charge in [-0.15, -0.1) is 0 Å². The molecule has 0 aliphatic heterocycles. The van der Waals surface area contributed by atoms with Crippen LogP contribution in [0.25, 0.3) is 132 Å². The van der Waals surface area contributed by atoms with Crippen molar-refractivity contribution in [1.82, 2.24) is 4.57 Å². The van der Waals surface area contributed by atoms with Crippen molar-refractivity contribution in [3.05, 3.63) is 242 Å². The van der Waals surface area contributed by atoms with E-state index >= 15 is 0 Å². The summed E-state index contributed by atoms with van der Waals surface area (Å²) in [6, 6.07) is 77.1. The molecule has 0 radical (unpaired) electrons. The summed E-state index contributed by atoms with van der Waals surface area (Å²) in [6.07, 6.45) is 6.19. The molecule has 0 N–H and O–H groups in total. The summed E-state index contributed by atoms with van der Waals surface area (Å²) in [4.78, 5) is 0. The second-order valence-electron chi connectivity index (χ2n) is 17.6. The van der Waals surface area contributed by atoms with Crippen molar-refractivity contribution < 1.29 is 4.42 Å². The quantitative estimate of drug-likeness (QED) is 0.115. The molecule has 0 amide bonds. The molecule has 0 saturated carbocycles. The van der Waals surface area contributed by atoms with E-state index in [0.717, 1.165) is 44.3 Å². The molecule has 11 aromatic carbocycles. The van der Waals surface area contributed by atoms with Crippen molar-refractivity contribution in [3.63, 3.8) is 0 Å². The number of hydrogen-bond donors (Lipinski definition) is 0. The van der Waals surface area contributed by atoms with Crippen LogP contribution in [-0.4, -0.2) is 4.57 Å². The van der Waals surface area contributed by atoms with Crippen LogP contribution in [0.5, 0.6) is 0 Å². The van der Waals surface area contributed by atoms with Crippen LogP contribution < -0.4 is 0 Å². The Balaban J connectivity index is 1.05. The Hall–Kier alpha value is -8.72. The number of benzene rings is 11. The topological polar surface area (TPSA) is 18.1 Å². The first kappa shape index (κ1) is 38.7.